The van der Waals surface area contributed by atoms with E-state index in [1.54, 1.807) is 0 Å². The lowest BCUT2D eigenvalue weighted by Gasteiger charge is -2.39. The summed E-state index contributed by atoms with van der Waals surface area (Å²) in [6.07, 6.45) is 3.05. The maximum Gasteiger partial charge on any atom is 0.507 e. The minimum atomic E-state index is -1.28. The van der Waals surface area contributed by atoms with Crippen molar-refractivity contribution in [3.8, 4) is 0 Å². The average Bonchev–Trinajstić information content (AvgIpc) is 2.49. The molecule has 3 nitrogen and oxygen atoms in total. The average molecular weight is 261 g/mol. The van der Waals surface area contributed by atoms with Crippen molar-refractivity contribution in [3.63, 3.8) is 0 Å². The first kappa shape index (κ1) is 13.0. The van der Waals surface area contributed by atoms with E-state index >= 15 is 0 Å². The maximum absolute atomic E-state index is 10.4. The molecule has 2 fully saturated rings. The summed E-state index contributed by atoms with van der Waals surface area (Å²) >= 11 is 5.95. The molecule has 2 rings (SSSR count). The van der Waals surface area contributed by atoms with E-state index in [9.17, 15) is 4.79 Å². The van der Waals surface area contributed by atoms with Crippen LogP contribution in [0.2, 0.25) is 0 Å². The lowest BCUT2D eigenvalue weighted by Crippen LogP contribution is -2.33. The van der Waals surface area contributed by atoms with Crippen molar-refractivity contribution in [2.24, 2.45) is 22.7 Å². The van der Waals surface area contributed by atoms with Crippen molar-refractivity contribution in [1.82, 2.24) is 0 Å². The Morgan fingerprint density at radius 1 is 1.53 bits per heavy atom. The lowest BCUT2D eigenvalue weighted by molar-refractivity contribution is 0.0460. The van der Waals surface area contributed by atoms with Gasteiger partial charge in [0.1, 0.15) is 0 Å². The van der Waals surface area contributed by atoms with Gasteiger partial charge in [-0.2, -0.15) is 0 Å². The van der Waals surface area contributed by atoms with E-state index < -0.39 is 11.7 Å². The van der Waals surface area contributed by atoms with Crippen LogP contribution in [0.3, 0.4) is 0 Å². The number of carbonyl (C=O) groups is 1. The van der Waals surface area contributed by atoms with Crippen LogP contribution in [0.1, 0.15) is 46.5 Å². The molecule has 2 saturated carbocycles. The molecule has 98 valence electrons. The third-order valence-corrected chi connectivity index (χ3v) is 5.94. The van der Waals surface area contributed by atoms with Crippen molar-refractivity contribution in [3.05, 3.63) is 0 Å². The van der Waals surface area contributed by atoms with Gasteiger partial charge in [0.2, 0.25) is 0 Å². The van der Waals surface area contributed by atoms with Gasteiger partial charge in [-0.25, -0.2) is 4.79 Å². The molecule has 2 bridgehead atoms. The van der Waals surface area contributed by atoms with Gasteiger partial charge in [-0.1, -0.05) is 32.4 Å². The second kappa shape index (κ2) is 4.04. The Kier molecular flexibility index (Phi) is 3.09. The molecule has 17 heavy (non-hydrogen) atoms. The van der Waals surface area contributed by atoms with Crippen LogP contribution in [0.25, 0.3) is 0 Å². The predicted molar refractivity (Wildman–Crippen MR) is 66.1 cm³/mol. The molecule has 0 aromatic rings. The predicted octanol–water partition coefficient (Wildman–Crippen LogP) is 4.10. The van der Waals surface area contributed by atoms with Crippen LogP contribution in [0.5, 0.6) is 0 Å². The second-order valence-corrected chi connectivity index (χ2v) is 6.82. The van der Waals surface area contributed by atoms with E-state index in [0.717, 1.165) is 12.3 Å². The molecule has 0 aromatic carbocycles. The molecule has 0 saturated heterocycles. The van der Waals surface area contributed by atoms with Gasteiger partial charge < -0.3 is 9.84 Å². The first-order valence-corrected chi connectivity index (χ1v) is 6.74. The third kappa shape index (κ3) is 1.92. The van der Waals surface area contributed by atoms with Crippen molar-refractivity contribution >= 4 is 17.8 Å². The topological polar surface area (TPSA) is 46.5 Å². The molecule has 0 heterocycles. The molecule has 4 heteroatoms. The summed E-state index contributed by atoms with van der Waals surface area (Å²) in [5.41, 5.74) is -0.0751. The lowest BCUT2D eigenvalue weighted by atomic mass is 9.66. The van der Waals surface area contributed by atoms with Crippen molar-refractivity contribution in [2.75, 3.05) is 0 Å². The van der Waals surface area contributed by atoms with E-state index in [-0.39, 0.29) is 5.41 Å². The van der Waals surface area contributed by atoms with Gasteiger partial charge in [-0.3, -0.25) is 0 Å². The Balaban J connectivity index is 2.03. The van der Waals surface area contributed by atoms with Crippen LogP contribution in [0.15, 0.2) is 0 Å². The first-order valence-electron chi connectivity index (χ1n) is 6.31. The molecule has 0 aliphatic heterocycles. The first-order chi connectivity index (χ1) is 7.77. The fourth-order valence-electron chi connectivity index (χ4n) is 4.11. The molecular weight excluding hydrogens is 240 g/mol. The number of hydrogen-bond donors (Lipinski definition) is 1. The summed E-state index contributed by atoms with van der Waals surface area (Å²) in [5.74, 6) is 1.24. The Bertz CT molecular complexity index is 329. The molecule has 2 aliphatic rings. The Labute approximate surface area is 107 Å². The largest absolute Gasteiger partial charge is 0.507 e. The molecule has 0 spiro atoms. The molecule has 0 radical (unpaired) electrons. The van der Waals surface area contributed by atoms with Gasteiger partial charge in [0, 0.05) is 6.42 Å². The molecule has 0 amide bonds. The fraction of sp³-hybridized carbons (Fsp3) is 0.923. The van der Waals surface area contributed by atoms with Crippen LogP contribution >= 0.6 is 11.6 Å². The van der Waals surface area contributed by atoms with Gasteiger partial charge >= 0.3 is 6.16 Å². The quantitative estimate of drug-likeness (QED) is 0.614. The van der Waals surface area contributed by atoms with Crippen molar-refractivity contribution in [1.29, 1.82) is 0 Å². The van der Waals surface area contributed by atoms with E-state index in [2.05, 4.69) is 25.5 Å². The smallest absolute Gasteiger partial charge is 0.450 e. The second-order valence-electron chi connectivity index (χ2n) is 6.34. The number of alkyl halides is 1. The molecule has 1 unspecified atom stereocenters. The normalized spacial score (nSPS) is 40.2. The summed E-state index contributed by atoms with van der Waals surface area (Å²) in [5, 5.41) is 8.55. The molecule has 0 aromatic heterocycles. The zero-order valence-corrected chi connectivity index (χ0v) is 11.5. The highest BCUT2D eigenvalue weighted by molar-refractivity contribution is 6.20. The minimum Gasteiger partial charge on any atom is -0.450 e. The summed E-state index contributed by atoms with van der Waals surface area (Å²) < 4.78 is 4.62. The summed E-state index contributed by atoms with van der Waals surface area (Å²) in [6, 6.07) is 0. The molecule has 1 N–H and O–H groups in total. The third-order valence-electron chi connectivity index (χ3n) is 5.67. The number of halogens is 1. The standard InChI is InChI=1S/C13H21ClO3/c1-12(2)8-4-5-13(12,3)9(6-8)7-10(14)17-11(15)16/h8-10H,4-7H2,1-3H3,(H,15,16)/t8-,9+,10+,13?/m1/s1. The Morgan fingerprint density at radius 3 is 2.59 bits per heavy atom. The SMILES string of the molecule is CC1(C)[C@@H]2CCC1(C)[C@H](C[C@@H](Cl)OC(=O)O)C2. The molecular formula is C13H21ClO3. The van der Waals surface area contributed by atoms with E-state index in [4.69, 9.17) is 16.7 Å². The summed E-state index contributed by atoms with van der Waals surface area (Å²) in [6.45, 7) is 7.01. The van der Waals surface area contributed by atoms with Gasteiger partial charge in [-0.15, -0.1) is 0 Å². The highest BCUT2D eigenvalue weighted by atomic mass is 35.5. The highest BCUT2D eigenvalue weighted by Crippen LogP contribution is 2.69. The number of carboxylic acid groups (broad SMARTS) is 1. The fourth-order valence-corrected chi connectivity index (χ4v) is 4.40. The van der Waals surface area contributed by atoms with Gasteiger partial charge in [0.25, 0.3) is 0 Å². The van der Waals surface area contributed by atoms with Crippen LogP contribution in [-0.4, -0.2) is 16.8 Å². The van der Waals surface area contributed by atoms with Gasteiger partial charge in [0.05, 0.1) is 0 Å². The highest BCUT2D eigenvalue weighted by Gasteiger charge is 2.61. The van der Waals surface area contributed by atoms with Crippen molar-refractivity contribution < 1.29 is 14.6 Å². The van der Waals surface area contributed by atoms with Crippen LogP contribution in [0.4, 0.5) is 4.79 Å². The summed E-state index contributed by atoms with van der Waals surface area (Å²) in [4.78, 5) is 10.4. The minimum absolute atomic E-state index is 0.284. The Morgan fingerprint density at radius 2 is 2.18 bits per heavy atom. The van der Waals surface area contributed by atoms with E-state index in [1.807, 2.05) is 0 Å². The van der Waals surface area contributed by atoms with Crippen molar-refractivity contribution in [2.45, 2.75) is 52.0 Å². The Hall–Kier alpha value is -0.440. The number of ether oxygens (including phenoxy) is 1. The monoisotopic (exact) mass is 260 g/mol. The van der Waals surface area contributed by atoms with E-state index in [1.165, 1.54) is 12.8 Å². The van der Waals surface area contributed by atoms with E-state index in [0.29, 0.717) is 17.8 Å². The summed E-state index contributed by atoms with van der Waals surface area (Å²) in [7, 11) is 0. The number of rotatable bonds is 3. The number of hydrogen-bond acceptors (Lipinski definition) is 2. The number of fused-ring (bicyclic) bond motifs is 2. The van der Waals surface area contributed by atoms with Gasteiger partial charge in [0.15, 0.2) is 5.56 Å². The van der Waals surface area contributed by atoms with Crippen LogP contribution in [-0.2, 0) is 4.74 Å². The maximum atomic E-state index is 10.4. The zero-order chi connectivity index (χ0) is 12.8. The molecule has 4 atom stereocenters. The van der Waals surface area contributed by atoms with Gasteiger partial charge in [-0.05, 0) is 41.9 Å². The zero-order valence-electron chi connectivity index (χ0n) is 10.7. The van der Waals surface area contributed by atoms with Crippen LogP contribution in [0, 0.1) is 22.7 Å². The molecule has 2 aliphatic carbocycles. The van der Waals surface area contributed by atoms with Crippen LogP contribution < -0.4 is 0 Å².